The first kappa shape index (κ1) is 44.1. The summed E-state index contributed by atoms with van der Waals surface area (Å²) in [4.78, 5) is 15.0. The molecule has 0 radical (unpaired) electrons. The molecule has 2 aliphatic heterocycles. The van der Waals surface area contributed by atoms with Crippen LogP contribution in [0.5, 0.6) is 0 Å². The molecule has 53 heavy (non-hydrogen) atoms. The number of hydrogen-bond acceptors (Lipinski definition) is 6. The number of rotatable bonds is 18. The third-order valence-electron chi connectivity index (χ3n) is 11.7. The highest BCUT2D eigenvalue weighted by Gasteiger charge is 2.51. The Morgan fingerprint density at radius 1 is 0.849 bits per heavy atom. The average molecular weight is 767 g/mol. The molecule has 0 aromatic heterocycles. The molecule has 2 saturated heterocycles. The summed E-state index contributed by atoms with van der Waals surface area (Å²) in [6.45, 7) is 28.2. The molecule has 6 atom stereocenters. The summed E-state index contributed by atoms with van der Waals surface area (Å²) in [5.74, 6) is -0.521. The van der Waals surface area contributed by atoms with Crippen LogP contribution in [0.25, 0.3) is 0 Å². The van der Waals surface area contributed by atoms with Crippen molar-refractivity contribution in [1.29, 1.82) is 0 Å². The van der Waals surface area contributed by atoms with E-state index in [0.29, 0.717) is 19.6 Å². The molecule has 2 aromatic carbocycles. The number of carbonyl (C=O) groups excluding carboxylic acids is 1. The highest BCUT2D eigenvalue weighted by Crippen LogP contribution is 2.42. The third-order valence-corrected chi connectivity index (χ3v) is 18.7. The third kappa shape index (κ3) is 11.7. The molecule has 4 rings (SSSR count). The van der Waals surface area contributed by atoms with Gasteiger partial charge < -0.3 is 23.4 Å². The number of hydrogen-bond donors (Lipinski definition) is 0. The van der Waals surface area contributed by atoms with Crippen LogP contribution in [0.2, 0.25) is 30.7 Å². The Balaban J connectivity index is 1.58. The summed E-state index contributed by atoms with van der Waals surface area (Å²) in [7, 11) is -4.11. The number of carbonyl (C=O) groups is 1. The molecular weight excluding hydrogens is 693 g/mol. The molecule has 6 nitrogen and oxygen atoms in total. The van der Waals surface area contributed by atoms with Crippen LogP contribution in [0.1, 0.15) is 114 Å². The van der Waals surface area contributed by atoms with Crippen molar-refractivity contribution in [3.05, 3.63) is 60.7 Å². The van der Waals surface area contributed by atoms with Crippen LogP contribution < -0.4 is 10.4 Å². The summed E-state index contributed by atoms with van der Waals surface area (Å²) in [6, 6.07) is 22.9. The molecule has 0 saturated carbocycles. The van der Waals surface area contributed by atoms with Crippen molar-refractivity contribution in [3.8, 4) is 0 Å². The van der Waals surface area contributed by atoms with Crippen molar-refractivity contribution in [3.63, 3.8) is 0 Å². The van der Waals surface area contributed by atoms with Crippen LogP contribution in [0.3, 0.4) is 0 Å². The minimum atomic E-state index is -2.65. The lowest BCUT2D eigenvalue weighted by Crippen LogP contribution is -2.67. The van der Waals surface area contributed by atoms with Gasteiger partial charge in [0.05, 0.1) is 24.2 Å². The van der Waals surface area contributed by atoms with E-state index in [1.807, 2.05) is 13.8 Å². The zero-order chi connectivity index (χ0) is 39.1. The van der Waals surface area contributed by atoms with Gasteiger partial charge in [-0.05, 0) is 87.0 Å². The molecule has 0 spiro atoms. The summed E-state index contributed by atoms with van der Waals surface area (Å²) in [5, 5.41) is 2.54. The molecule has 3 unspecified atom stereocenters. The van der Waals surface area contributed by atoms with E-state index in [2.05, 4.69) is 129 Å². The maximum atomic E-state index is 15.0. The van der Waals surface area contributed by atoms with Gasteiger partial charge in [0.2, 0.25) is 0 Å². The van der Waals surface area contributed by atoms with Crippen molar-refractivity contribution >= 4 is 32.5 Å². The zero-order valence-electron chi connectivity index (χ0n) is 35.5. The Morgan fingerprint density at radius 2 is 1.45 bits per heavy atom. The Hall–Kier alpha value is -1.66. The van der Waals surface area contributed by atoms with E-state index in [4.69, 9.17) is 23.4 Å². The summed E-state index contributed by atoms with van der Waals surface area (Å²) < 4.78 is 33.0. The molecule has 8 heteroatoms. The first-order valence-electron chi connectivity index (χ1n) is 20.7. The number of ether oxygens (including phenoxy) is 4. The standard InChI is InChI=1S/C45H74O6Si2/c1-34(22-21-23-35(2)51-53(43(3,4)5,36-24-15-13-16-25-36)37-26-17-14-18-27-37)41(49-40-28-19-20-31-47-40)38(30-33-52(10,11)12)42(46)44(6,7)39-29-32-48-45(8,9)50-39/h13-18,24-27,34-35,38-41H,19-23,28-33H2,1-12H3/t34-,35?,38+,39-,40?,41?/m0/s1. The van der Waals surface area contributed by atoms with E-state index >= 15 is 4.79 Å². The summed E-state index contributed by atoms with van der Waals surface area (Å²) >= 11 is 0. The van der Waals surface area contributed by atoms with Crippen LogP contribution in [0, 0.1) is 17.3 Å². The van der Waals surface area contributed by atoms with Crippen LogP contribution in [0.15, 0.2) is 60.7 Å². The van der Waals surface area contributed by atoms with Crippen LogP contribution in [-0.2, 0) is 28.2 Å². The van der Waals surface area contributed by atoms with Crippen molar-refractivity contribution in [2.45, 2.75) is 175 Å². The minimum Gasteiger partial charge on any atom is -0.405 e. The van der Waals surface area contributed by atoms with Gasteiger partial charge in [-0.3, -0.25) is 4.79 Å². The monoisotopic (exact) mass is 767 g/mol. The molecule has 0 amide bonds. The van der Waals surface area contributed by atoms with Crippen LogP contribution >= 0.6 is 0 Å². The second-order valence-electron chi connectivity index (χ2n) is 19.3. The molecule has 0 bridgehead atoms. The molecule has 2 fully saturated rings. The Labute approximate surface area is 325 Å². The Morgan fingerprint density at radius 3 is 1.96 bits per heavy atom. The van der Waals surface area contributed by atoms with Gasteiger partial charge in [-0.25, -0.2) is 0 Å². The van der Waals surface area contributed by atoms with Gasteiger partial charge in [-0.15, -0.1) is 0 Å². The van der Waals surface area contributed by atoms with Gasteiger partial charge in [0.1, 0.15) is 5.78 Å². The van der Waals surface area contributed by atoms with Gasteiger partial charge in [0.15, 0.2) is 12.1 Å². The highest BCUT2D eigenvalue weighted by atomic mass is 28.4. The predicted octanol–water partition coefficient (Wildman–Crippen LogP) is 10.2. The van der Waals surface area contributed by atoms with E-state index in [-0.39, 0.29) is 47.3 Å². The lowest BCUT2D eigenvalue weighted by atomic mass is 9.71. The molecular formula is C45H74O6Si2. The molecule has 0 aliphatic carbocycles. The molecule has 2 aliphatic rings. The predicted molar refractivity (Wildman–Crippen MR) is 224 cm³/mol. The SMILES string of the molecule is CC(CCC[C@H](C)C(OC1CCCCO1)[C@@H](CC[Si](C)(C)C)C(=O)C(C)(C)[C@@H]1CCOC(C)(C)O1)O[Si](c1ccccc1)(c1ccccc1)C(C)(C)C. The Bertz CT molecular complexity index is 1350. The van der Waals surface area contributed by atoms with Crippen molar-refractivity contribution < 1.29 is 28.2 Å². The van der Waals surface area contributed by atoms with Crippen molar-refractivity contribution in [1.82, 2.24) is 0 Å². The van der Waals surface area contributed by atoms with E-state index in [9.17, 15) is 0 Å². The van der Waals surface area contributed by atoms with E-state index in [1.54, 1.807) is 0 Å². The van der Waals surface area contributed by atoms with E-state index in [1.165, 1.54) is 10.4 Å². The maximum absolute atomic E-state index is 15.0. The fraction of sp³-hybridized carbons (Fsp3) is 0.711. The lowest BCUT2D eigenvalue weighted by molar-refractivity contribution is -0.289. The smallest absolute Gasteiger partial charge is 0.261 e. The number of ketones is 1. The van der Waals surface area contributed by atoms with E-state index in [0.717, 1.165) is 51.0 Å². The van der Waals surface area contributed by atoms with Gasteiger partial charge in [0, 0.05) is 26.7 Å². The van der Waals surface area contributed by atoms with Crippen LogP contribution in [-0.4, -0.2) is 65.8 Å². The number of Topliss-reactive ketones (excluding diaryl/α,β-unsaturated/α-hetero) is 1. The average Bonchev–Trinajstić information content (AvgIpc) is 3.09. The van der Waals surface area contributed by atoms with Crippen LogP contribution in [0.4, 0.5) is 0 Å². The van der Waals surface area contributed by atoms with E-state index < -0.39 is 27.6 Å². The first-order valence-corrected chi connectivity index (χ1v) is 26.3. The maximum Gasteiger partial charge on any atom is 0.261 e. The van der Waals surface area contributed by atoms with Gasteiger partial charge in [-0.2, -0.15) is 0 Å². The lowest BCUT2D eigenvalue weighted by Gasteiger charge is -2.45. The normalized spacial score (nSPS) is 22.5. The second-order valence-corrected chi connectivity index (χ2v) is 29.2. The highest BCUT2D eigenvalue weighted by molar-refractivity contribution is 6.99. The first-order chi connectivity index (χ1) is 24.8. The van der Waals surface area contributed by atoms with Gasteiger partial charge >= 0.3 is 0 Å². The largest absolute Gasteiger partial charge is 0.405 e. The fourth-order valence-electron chi connectivity index (χ4n) is 8.59. The molecule has 2 heterocycles. The van der Waals surface area contributed by atoms with Crippen molar-refractivity contribution in [2.24, 2.45) is 17.3 Å². The summed E-state index contributed by atoms with van der Waals surface area (Å²) in [6.07, 6.45) is 6.79. The fourth-order valence-corrected chi connectivity index (χ4v) is 14.5. The van der Waals surface area contributed by atoms with Gasteiger partial charge in [-0.1, -0.05) is 134 Å². The second kappa shape index (κ2) is 18.5. The van der Waals surface area contributed by atoms with Crippen molar-refractivity contribution in [2.75, 3.05) is 13.2 Å². The molecule has 2 aromatic rings. The zero-order valence-corrected chi connectivity index (χ0v) is 37.5. The number of benzene rings is 2. The minimum absolute atomic E-state index is 0.0619. The molecule has 298 valence electrons. The topological polar surface area (TPSA) is 63.2 Å². The Kier molecular flexibility index (Phi) is 15.4. The van der Waals surface area contributed by atoms with Gasteiger partial charge in [0.25, 0.3) is 8.32 Å². The molecule has 0 N–H and O–H groups in total. The quantitative estimate of drug-likeness (QED) is 0.141. The summed E-state index contributed by atoms with van der Waals surface area (Å²) in [5.41, 5.74) is -0.682.